The summed E-state index contributed by atoms with van der Waals surface area (Å²) in [5.74, 6) is -0.675. The number of aromatic carboxylic acids is 1. The molecule has 3 aromatic rings. The predicted molar refractivity (Wildman–Crippen MR) is 88.8 cm³/mol. The molecule has 6 nitrogen and oxygen atoms in total. The van der Waals surface area contributed by atoms with Gasteiger partial charge in [0.2, 0.25) is 5.43 Å². The molecule has 0 bridgehead atoms. The van der Waals surface area contributed by atoms with Crippen LogP contribution in [-0.2, 0) is 0 Å². The van der Waals surface area contributed by atoms with Crippen molar-refractivity contribution >= 4 is 27.9 Å². The maximum atomic E-state index is 12.8. The molecule has 0 saturated heterocycles. The van der Waals surface area contributed by atoms with Crippen LogP contribution in [0.1, 0.15) is 35.9 Å². The van der Waals surface area contributed by atoms with E-state index in [1.807, 2.05) is 6.92 Å². The molecule has 6 heteroatoms. The molecule has 0 fully saturated rings. The number of benzene rings is 2. The molecule has 1 heterocycles. The van der Waals surface area contributed by atoms with Gasteiger partial charge in [0.25, 0.3) is 0 Å². The summed E-state index contributed by atoms with van der Waals surface area (Å²) in [6.45, 7) is 3.79. The molecule has 0 aliphatic carbocycles. The van der Waals surface area contributed by atoms with Crippen LogP contribution in [0.4, 0.5) is 0 Å². The van der Waals surface area contributed by atoms with Crippen molar-refractivity contribution in [2.24, 2.45) is 0 Å². The zero-order valence-electron chi connectivity index (χ0n) is 13.2. The highest BCUT2D eigenvalue weighted by Crippen LogP contribution is 2.30. The first-order chi connectivity index (χ1) is 11.4. The Hall–Kier alpha value is -2.86. The van der Waals surface area contributed by atoms with Crippen molar-refractivity contribution in [3.05, 3.63) is 51.7 Å². The normalized spacial score (nSPS) is 12.5. The molecule has 24 heavy (non-hydrogen) atoms. The summed E-state index contributed by atoms with van der Waals surface area (Å²) in [6.07, 6.45) is -0.855. The first kappa shape index (κ1) is 16.0. The van der Waals surface area contributed by atoms with E-state index in [2.05, 4.69) is 0 Å². The minimum Gasteiger partial charge on any atom is -0.494 e. The number of hydrogen-bond acceptors (Lipinski definition) is 5. The van der Waals surface area contributed by atoms with E-state index in [4.69, 9.17) is 14.3 Å². The molecule has 1 unspecified atom stereocenters. The lowest BCUT2D eigenvalue weighted by atomic mass is 10.0. The lowest BCUT2D eigenvalue weighted by Gasteiger charge is -2.12. The quantitative estimate of drug-likeness (QED) is 0.714. The number of hydrogen-bond donors (Lipinski definition) is 2. The standard InChI is InChI=1S/C18H16O6/c1-3-23-11-7-12(9(2)19)17-14(8-11)16(20)13-6-10(18(21)22)4-5-15(13)24-17/h4-9,19H,3H2,1-2H3,(H,21,22). The van der Waals surface area contributed by atoms with Crippen molar-refractivity contribution in [2.45, 2.75) is 20.0 Å². The van der Waals surface area contributed by atoms with Crippen LogP contribution in [-0.4, -0.2) is 22.8 Å². The zero-order chi connectivity index (χ0) is 17.4. The largest absolute Gasteiger partial charge is 0.494 e. The first-order valence-corrected chi connectivity index (χ1v) is 7.51. The molecule has 0 amide bonds. The monoisotopic (exact) mass is 328 g/mol. The van der Waals surface area contributed by atoms with Gasteiger partial charge in [0.05, 0.1) is 29.0 Å². The minimum atomic E-state index is -1.12. The van der Waals surface area contributed by atoms with Crippen LogP contribution >= 0.6 is 0 Å². The molecular formula is C18H16O6. The number of ether oxygens (including phenoxy) is 1. The Morgan fingerprint density at radius 1 is 1.25 bits per heavy atom. The van der Waals surface area contributed by atoms with E-state index in [1.165, 1.54) is 18.2 Å². The second-order valence-electron chi connectivity index (χ2n) is 5.45. The Morgan fingerprint density at radius 2 is 2.00 bits per heavy atom. The highest BCUT2D eigenvalue weighted by Gasteiger charge is 2.17. The minimum absolute atomic E-state index is 0.00543. The van der Waals surface area contributed by atoms with Gasteiger partial charge in [-0.15, -0.1) is 0 Å². The third kappa shape index (κ3) is 2.61. The highest BCUT2D eigenvalue weighted by molar-refractivity contribution is 5.96. The molecule has 1 atom stereocenters. The van der Waals surface area contributed by atoms with Crippen LogP contribution in [0.25, 0.3) is 21.9 Å². The van der Waals surface area contributed by atoms with Gasteiger partial charge in [0.1, 0.15) is 16.9 Å². The Balaban J connectivity index is 2.42. The van der Waals surface area contributed by atoms with Gasteiger partial charge in [-0.05, 0) is 44.2 Å². The summed E-state index contributed by atoms with van der Waals surface area (Å²) in [6, 6.07) is 7.29. The molecule has 124 valence electrons. The van der Waals surface area contributed by atoms with Gasteiger partial charge < -0.3 is 19.4 Å². The van der Waals surface area contributed by atoms with Crippen molar-refractivity contribution in [3.63, 3.8) is 0 Å². The topological polar surface area (TPSA) is 97.0 Å². The van der Waals surface area contributed by atoms with Crippen molar-refractivity contribution in [1.82, 2.24) is 0 Å². The molecule has 0 aliphatic heterocycles. The molecule has 0 aliphatic rings. The fourth-order valence-corrected chi connectivity index (χ4v) is 2.65. The fraction of sp³-hybridized carbons (Fsp3) is 0.222. The lowest BCUT2D eigenvalue weighted by molar-refractivity contribution is 0.0697. The zero-order valence-corrected chi connectivity index (χ0v) is 13.2. The van der Waals surface area contributed by atoms with E-state index in [-0.39, 0.29) is 32.9 Å². The number of rotatable bonds is 4. The summed E-state index contributed by atoms with van der Waals surface area (Å²) >= 11 is 0. The Labute approximate surface area is 136 Å². The number of carbonyl (C=O) groups is 1. The van der Waals surface area contributed by atoms with Gasteiger partial charge in [-0.2, -0.15) is 0 Å². The Morgan fingerprint density at radius 3 is 2.62 bits per heavy atom. The van der Waals surface area contributed by atoms with Crippen LogP contribution in [0.15, 0.2) is 39.5 Å². The van der Waals surface area contributed by atoms with Crippen LogP contribution in [0.2, 0.25) is 0 Å². The average molecular weight is 328 g/mol. The molecule has 2 aromatic carbocycles. The molecule has 2 N–H and O–H groups in total. The summed E-state index contributed by atoms with van der Waals surface area (Å²) in [7, 11) is 0. The van der Waals surface area contributed by atoms with Gasteiger partial charge in [0, 0.05) is 5.56 Å². The molecule has 0 radical (unpaired) electrons. The van der Waals surface area contributed by atoms with Gasteiger partial charge in [0.15, 0.2) is 0 Å². The van der Waals surface area contributed by atoms with Crippen molar-refractivity contribution in [3.8, 4) is 5.75 Å². The Bertz CT molecular complexity index is 1000. The van der Waals surface area contributed by atoms with E-state index < -0.39 is 12.1 Å². The van der Waals surface area contributed by atoms with E-state index in [9.17, 15) is 14.7 Å². The molecule has 0 saturated carbocycles. The van der Waals surface area contributed by atoms with E-state index in [0.717, 1.165) is 0 Å². The van der Waals surface area contributed by atoms with Gasteiger partial charge in [-0.1, -0.05) is 0 Å². The van der Waals surface area contributed by atoms with Gasteiger partial charge >= 0.3 is 5.97 Å². The van der Waals surface area contributed by atoms with Crippen molar-refractivity contribution in [1.29, 1.82) is 0 Å². The maximum Gasteiger partial charge on any atom is 0.335 e. The third-order valence-corrected chi connectivity index (χ3v) is 3.78. The van der Waals surface area contributed by atoms with Gasteiger partial charge in [-0.3, -0.25) is 4.79 Å². The smallest absolute Gasteiger partial charge is 0.335 e. The summed E-state index contributed by atoms with van der Waals surface area (Å²) in [4.78, 5) is 23.9. The van der Waals surface area contributed by atoms with E-state index in [1.54, 1.807) is 19.1 Å². The maximum absolute atomic E-state index is 12.8. The summed E-state index contributed by atoms with van der Waals surface area (Å²) in [5, 5.41) is 19.5. The second kappa shape index (κ2) is 5.98. The average Bonchev–Trinajstić information content (AvgIpc) is 2.55. The van der Waals surface area contributed by atoms with Crippen molar-refractivity contribution in [2.75, 3.05) is 6.61 Å². The number of fused-ring (bicyclic) bond motifs is 2. The lowest BCUT2D eigenvalue weighted by Crippen LogP contribution is -2.07. The summed E-state index contributed by atoms with van der Waals surface area (Å²) < 4.78 is 11.2. The SMILES string of the molecule is CCOc1cc(C(C)O)c2oc3ccc(C(=O)O)cc3c(=O)c2c1. The van der Waals surface area contributed by atoms with Crippen LogP contribution in [0, 0.1) is 0 Å². The second-order valence-corrected chi connectivity index (χ2v) is 5.45. The summed E-state index contributed by atoms with van der Waals surface area (Å²) in [5.41, 5.74) is 0.624. The third-order valence-electron chi connectivity index (χ3n) is 3.78. The van der Waals surface area contributed by atoms with Gasteiger partial charge in [-0.25, -0.2) is 4.79 Å². The molecule has 0 spiro atoms. The highest BCUT2D eigenvalue weighted by atomic mass is 16.5. The predicted octanol–water partition coefficient (Wildman–Crippen LogP) is 3.10. The Kier molecular flexibility index (Phi) is 3.99. The number of aliphatic hydroxyl groups is 1. The van der Waals surface area contributed by atoms with Crippen molar-refractivity contribution < 1.29 is 24.2 Å². The van der Waals surface area contributed by atoms with Crippen LogP contribution < -0.4 is 10.2 Å². The fourth-order valence-electron chi connectivity index (χ4n) is 2.65. The van der Waals surface area contributed by atoms with E-state index >= 15 is 0 Å². The molecular weight excluding hydrogens is 312 g/mol. The number of aliphatic hydroxyl groups excluding tert-OH is 1. The first-order valence-electron chi connectivity index (χ1n) is 7.51. The molecule has 1 aromatic heterocycles. The molecule has 3 rings (SSSR count). The number of carboxylic acid groups (broad SMARTS) is 1. The van der Waals surface area contributed by atoms with E-state index in [0.29, 0.717) is 17.9 Å². The van der Waals surface area contributed by atoms with Crippen LogP contribution in [0.5, 0.6) is 5.75 Å². The van der Waals surface area contributed by atoms with Crippen LogP contribution in [0.3, 0.4) is 0 Å². The number of carboxylic acids is 1.